The standard InChI is InChI=1S/C8H7NO6S.C4H12N/c10-8(11)5-16(14,15)7-3-1-6(2-4-7)9(12)13;1-5(2,3)4/h1-4H,5H2,(H,10,11);1-4H3/q;+1/p-1. The molecule has 0 atom stereocenters. The van der Waals surface area contributed by atoms with Gasteiger partial charge in [0, 0.05) is 12.1 Å². The normalized spacial score (nSPS) is 11.2. The molecule has 0 aromatic heterocycles. The first-order valence-electron chi connectivity index (χ1n) is 5.79. The molecule has 0 N–H and O–H groups in total. The van der Waals surface area contributed by atoms with E-state index < -0.39 is 26.5 Å². The second-order valence-corrected chi connectivity index (χ2v) is 7.55. The van der Waals surface area contributed by atoms with Crippen molar-refractivity contribution < 1.29 is 27.7 Å². The summed E-state index contributed by atoms with van der Waals surface area (Å²) in [5.41, 5.74) is -0.271. The topological polar surface area (TPSA) is 117 Å². The van der Waals surface area contributed by atoms with Gasteiger partial charge < -0.3 is 14.4 Å². The van der Waals surface area contributed by atoms with Crippen LogP contribution in [0, 0.1) is 10.1 Å². The van der Waals surface area contributed by atoms with Gasteiger partial charge in [0.15, 0.2) is 9.84 Å². The van der Waals surface area contributed by atoms with Crippen LogP contribution in [0.25, 0.3) is 0 Å². The molecule has 1 aromatic rings. The molecule has 0 heterocycles. The first-order chi connectivity index (χ1) is 9.33. The molecule has 0 aliphatic rings. The van der Waals surface area contributed by atoms with Gasteiger partial charge in [0.25, 0.3) is 5.69 Å². The molecule has 0 unspecified atom stereocenters. The lowest BCUT2D eigenvalue weighted by Gasteiger charge is -2.14. The quantitative estimate of drug-likeness (QED) is 0.417. The summed E-state index contributed by atoms with van der Waals surface area (Å²) >= 11 is 0. The molecule has 1 aromatic carbocycles. The summed E-state index contributed by atoms with van der Waals surface area (Å²) in [6.07, 6.45) is 0. The van der Waals surface area contributed by atoms with Crippen LogP contribution in [0.1, 0.15) is 0 Å². The van der Waals surface area contributed by atoms with Crippen molar-refractivity contribution >= 4 is 21.5 Å². The van der Waals surface area contributed by atoms with Crippen LogP contribution in [-0.2, 0) is 14.6 Å². The molecule has 0 radical (unpaired) electrons. The Labute approximate surface area is 123 Å². The lowest BCUT2D eigenvalue weighted by atomic mass is 10.3. The molecule has 0 fully saturated rings. The second kappa shape index (κ2) is 7.14. The summed E-state index contributed by atoms with van der Waals surface area (Å²) < 4.78 is 23.7. The molecule has 21 heavy (non-hydrogen) atoms. The number of nitro groups is 1. The van der Waals surface area contributed by atoms with E-state index in [-0.39, 0.29) is 10.6 Å². The Morgan fingerprint density at radius 2 is 1.52 bits per heavy atom. The third-order valence-electron chi connectivity index (χ3n) is 1.71. The number of aliphatic carboxylic acids is 1. The van der Waals surface area contributed by atoms with Crippen molar-refractivity contribution in [3.8, 4) is 0 Å². The highest BCUT2D eigenvalue weighted by Crippen LogP contribution is 2.16. The Morgan fingerprint density at radius 1 is 1.14 bits per heavy atom. The Hall–Kier alpha value is -2.00. The number of carboxylic acids is 1. The molecule has 0 bridgehead atoms. The molecule has 8 nitrogen and oxygen atoms in total. The first kappa shape index (κ1) is 19.0. The molecule has 0 saturated carbocycles. The SMILES string of the molecule is C[N+](C)(C)C.O=C([O-])CS(=O)(=O)c1ccc([N+](=O)[O-])cc1. The molecule has 0 aliphatic carbocycles. The number of carbonyl (C=O) groups excluding carboxylic acids is 1. The van der Waals surface area contributed by atoms with Gasteiger partial charge in [-0.25, -0.2) is 8.42 Å². The summed E-state index contributed by atoms with van der Waals surface area (Å²) in [4.78, 5) is 19.5. The van der Waals surface area contributed by atoms with Gasteiger partial charge in [0.2, 0.25) is 0 Å². The minimum Gasteiger partial charge on any atom is -0.549 e. The maximum atomic E-state index is 11.3. The molecule has 0 saturated heterocycles. The molecule has 118 valence electrons. The Bertz CT molecular complexity index is 596. The zero-order valence-electron chi connectivity index (χ0n) is 12.3. The minimum absolute atomic E-state index is 0.271. The summed E-state index contributed by atoms with van der Waals surface area (Å²) in [5, 5.41) is 20.5. The smallest absolute Gasteiger partial charge is 0.269 e. The third kappa shape index (κ3) is 8.71. The van der Waals surface area contributed by atoms with E-state index >= 15 is 0 Å². The van der Waals surface area contributed by atoms with Crippen molar-refractivity contribution in [3.63, 3.8) is 0 Å². The lowest BCUT2D eigenvalue weighted by molar-refractivity contribution is -0.849. The highest BCUT2D eigenvalue weighted by atomic mass is 32.2. The molecule has 1 rings (SSSR count). The monoisotopic (exact) mass is 318 g/mol. The largest absolute Gasteiger partial charge is 0.549 e. The van der Waals surface area contributed by atoms with Crippen LogP contribution in [0.4, 0.5) is 5.69 Å². The number of hydrogen-bond donors (Lipinski definition) is 0. The van der Waals surface area contributed by atoms with Crippen LogP contribution in [0.15, 0.2) is 29.2 Å². The van der Waals surface area contributed by atoms with Crippen molar-refractivity contribution in [1.82, 2.24) is 0 Å². The van der Waals surface area contributed by atoms with Gasteiger partial charge in [-0.05, 0) is 12.1 Å². The third-order valence-corrected chi connectivity index (χ3v) is 3.32. The van der Waals surface area contributed by atoms with Crippen LogP contribution in [0.3, 0.4) is 0 Å². The van der Waals surface area contributed by atoms with Gasteiger partial charge in [0.1, 0.15) is 0 Å². The Morgan fingerprint density at radius 3 is 1.81 bits per heavy atom. The van der Waals surface area contributed by atoms with Crippen LogP contribution in [0.2, 0.25) is 0 Å². The van der Waals surface area contributed by atoms with Gasteiger partial charge in [0.05, 0.1) is 49.7 Å². The van der Waals surface area contributed by atoms with Gasteiger partial charge >= 0.3 is 0 Å². The van der Waals surface area contributed by atoms with Crippen molar-refractivity contribution in [2.24, 2.45) is 0 Å². The number of rotatable bonds is 4. The van der Waals surface area contributed by atoms with Crippen molar-refractivity contribution in [3.05, 3.63) is 34.4 Å². The van der Waals surface area contributed by atoms with Crippen molar-refractivity contribution in [2.75, 3.05) is 33.9 Å². The Kier molecular flexibility index (Phi) is 6.46. The highest BCUT2D eigenvalue weighted by Gasteiger charge is 2.16. The number of hydrogen-bond acceptors (Lipinski definition) is 6. The summed E-state index contributed by atoms with van der Waals surface area (Å²) in [6.45, 7) is 0. The zero-order valence-corrected chi connectivity index (χ0v) is 13.1. The van der Waals surface area contributed by atoms with Crippen LogP contribution in [-0.4, -0.2) is 57.7 Å². The summed E-state index contributed by atoms with van der Waals surface area (Å²) in [7, 11) is 4.51. The number of carboxylic acid groups (broad SMARTS) is 1. The molecular weight excluding hydrogens is 300 g/mol. The number of nitrogens with zero attached hydrogens (tertiary/aromatic N) is 2. The maximum absolute atomic E-state index is 11.3. The van der Waals surface area contributed by atoms with Gasteiger partial charge in [-0.15, -0.1) is 0 Å². The van der Waals surface area contributed by atoms with E-state index in [1.807, 2.05) is 0 Å². The van der Waals surface area contributed by atoms with Crippen molar-refractivity contribution in [2.45, 2.75) is 4.90 Å². The van der Waals surface area contributed by atoms with E-state index in [0.29, 0.717) is 0 Å². The van der Waals surface area contributed by atoms with Crippen LogP contribution < -0.4 is 5.11 Å². The fourth-order valence-corrected chi connectivity index (χ4v) is 2.04. The summed E-state index contributed by atoms with van der Waals surface area (Å²) in [6, 6.07) is 3.94. The van der Waals surface area contributed by atoms with E-state index in [1.54, 1.807) is 0 Å². The van der Waals surface area contributed by atoms with E-state index in [1.165, 1.54) is 0 Å². The molecular formula is C12H18N2O6S. The first-order valence-corrected chi connectivity index (χ1v) is 7.44. The van der Waals surface area contributed by atoms with E-state index in [9.17, 15) is 28.4 Å². The molecule has 0 spiro atoms. The fraction of sp³-hybridized carbons (Fsp3) is 0.417. The predicted molar refractivity (Wildman–Crippen MR) is 74.1 cm³/mol. The molecule has 9 heteroatoms. The Balaban J connectivity index is 0.000000690. The zero-order chi connectivity index (χ0) is 16.8. The number of carbonyl (C=O) groups is 1. The average molecular weight is 318 g/mol. The highest BCUT2D eigenvalue weighted by molar-refractivity contribution is 7.92. The molecule has 0 amide bonds. The average Bonchev–Trinajstić information content (AvgIpc) is 2.25. The van der Waals surface area contributed by atoms with Crippen LogP contribution in [0.5, 0.6) is 0 Å². The number of nitro benzene ring substituents is 1. The second-order valence-electron chi connectivity index (χ2n) is 5.57. The van der Waals surface area contributed by atoms with Gasteiger partial charge in [-0.2, -0.15) is 0 Å². The number of non-ortho nitro benzene ring substituents is 1. The minimum atomic E-state index is -3.99. The lowest BCUT2D eigenvalue weighted by Crippen LogP contribution is -2.30. The van der Waals surface area contributed by atoms with Crippen molar-refractivity contribution in [1.29, 1.82) is 0 Å². The maximum Gasteiger partial charge on any atom is 0.269 e. The number of quaternary nitrogens is 1. The fourth-order valence-electron chi connectivity index (χ4n) is 1.01. The predicted octanol–water partition coefficient (Wildman–Crippen LogP) is -0.559. The number of benzene rings is 1. The van der Waals surface area contributed by atoms with E-state index in [4.69, 9.17) is 0 Å². The van der Waals surface area contributed by atoms with E-state index in [0.717, 1.165) is 28.7 Å². The van der Waals surface area contributed by atoms with Gasteiger partial charge in [-0.1, -0.05) is 0 Å². The van der Waals surface area contributed by atoms with Gasteiger partial charge in [-0.3, -0.25) is 10.1 Å². The molecule has 0 aliphatic heterocycles. The summed E-state index contributed by atoms with van der Waals surface area (Å²) in [5.74, 6) is -2.87. The van der Waals surface area contributed by atoms with E-state index in [2.05, 4.69) is 28.2 Å². The number of sulfone groups is 1. The van der Waals surface area contributed by atoms with Crippen LogP contribution >= 0.6 is 0 Å².